The predicted octanol–water partition coefficient (Wildman–Crippen LogP) is 2.49. The van der Waals surface area contributed by atoms with Crippen LogP contribution in [0.5, 0.6) is 0 Å². The third-order valence-electron chi connectivity index (χ3n) is 2.18. The number of nitrogen functional groups attached to an aromatic ring is 1. The van der Waals surface area contributed by atoms with E-state index in [1.807, 2.05) is 31.2 Å². The Kier molecular flexibility index (Phi) is 3.17. The number of nitrogens with zero attached hydrogens (tertiary/aromatic N) is 3. The molecule has 0 aliphatic rings. The van der Waals surface area contributed by atoms with Gasteiger partial charge < -0.3 is 5.73 Å². The van der Waals surface area contributed by atoms with E-state index in [0.717, 1.165) is 5.56 Å². The van der Waals surface area contributed by atoms with Crippen LogP contribution in [0.1, 0.15) is 16.1 Å². The normalized spacial score (nSPS) is 11.2. The zero-order chi connectivity index (χ0) is 12.3. The SMILES string of the molecule is Cc1ccc(/C=C(\C#N)c2nnc(N)s2)cc1. The van der Waals surface area contributed by atoms with Gasteiger partial charge in [0.15, 0.2) is 5.01 Å². The Morgan fingerprint density at radius 2 is 2.06 bits per heavy atom. The Labute approximate surface area is 103 Å². The van der Waals surface area contributed by atoms with Crippen LogP contribution in [0.25, 0.3) is 11.6 Å². The van der Waals surface area contributed by atoms with Gasteiger partial charge in [-0.05, 0) is 18.6 Å². The van der Waals surface area contributed by atoms with Crippen molar-refractivity contribution in [2.24, 2.45) is 0 Å². The molecule has 0 unspecified atom stereocenters. The van der Waals surface area contributed by atoms with Crippen molar-refractivity contribution in [3.63, 3.8) is 0 Å². The van der Waals surface area contributed by atoms with Crippen molar-refractivity contribution in [3.8, 4) is 6.07 Å². The summed E-state index contributed by atoms with van der Waals surface area (Å²) >= 11 is 1.21. The smallest absolute Gasteiger partial charge is 0.203 e. The first-order valence-electron chi connectivity index (χ1n) is 4.97. The Balaban J connectivity index is 2.36. The topological polar surface area (TPSA) is 75.6 Å². The van der Waals surface area contributed by atoms with E-state index in [0.29, 0.717) is 15.7 Å². The lowest BCUT2D eigenvalue weighted by molar-refractivity contribution is 1.08. The molecule has 0 fully saturated rings. The molecule has 5 heteroatoms. The van der Waals surface area contributed by atoms with Gasteiger partial charge in [-0.2, -0.15) is 5.26 Å². The Bertz CT molecular complexity index is 590. The van der Waals surface area contributed by atoms with Crippen molar-refractivity contribution in [2.75, 3.05) is 5.73 Å². The molecule has 0 saturated carbocycles. The monoisotopic (exact) mass is 242 g/mol. The van der Waals surface area contributed by atoms with Gasteiger partial charge in [-0.3, -0.25) is 0 Å². The van der Waals surface area contributed by atoms with Crippen molar-refractivity contribution in [2.45, 2.75) is 6.92 Å². The fraction of sp³-hybridized carbons (Fsp3) is 0.0833. The molecule has 0 aliphatic heterocycles. The average Bonchev–Trinajstić information content (AvgIpc) is 2.75. The summed E-state index contributed by atoms with van der Waals surface area (Å²) < 4.78 is 0. The van der Waals surface area contributed by atoms with Crippen LogP contribution in [0.4, 0.5) is 5.13 Å². The summed E-state index contributed by atoms with van der Waals surface area (Å²) in [5, 5.41) is 17.5. The van der Waals surface area contributed by atoms with Crippen LogP contribution >= 0.6 is 11.3 Å². The van der Waals surface area contributed by atoms with E-state index in [4.69, 9.17) is 11.0 Å². The number of rotatable bonds is 2. The number of aromatic nitrogens is 2. The van der Waals surface area contributed by atoms with Gasteiger partial charge in [0.05, 0.1) is 5.57 Å². The Morgan fingerprint density at radius 3 is 2.59 bits per heavy atom. The van der Waals surface area contributed by atoms with Gasteiger partial charge in [0, 0.05) is 0 Å². The average molecular weight is 242 g/mol. The number of aryl methyl sites for hydroxylation is 1. The van der Waals surface area contributed by atoms with Crippen LogP contribution in [0.2, 0.25) is 0 Å². The summed E-state index contributed by atoms with van der Waals surface area (Å²) in [5.74, 6) is 0. The minimum Gasteiger partial charge on any atom is -0.374 e. The number of nitriles is 1. The summed E-state index contributed by atoms with van der Waals surface area (Å²) in [6.45, 7) is 2.02. The van der Waals surface area contributed by atoms with Gasteiger partial charge >= 0.3 is 0 Å². The number of nitrogens with two attached hydrogens (primary N) is 1. The maximum atomic E-state index is 9.08. The van der Waals surface area contributed by atoms with Crippen LogP contribution in [-0.2, 0) is 0 Å². The minimum absolute atomic E-state index is 0.366. The van der Waals surface area contributed by atoms with E-state index in [1.54, 1.807) is 6.08 Å². The molecule has 0 spiro atoms. The first-order valence-corrected chi connectivity index (χ1v) is 5.78. The highest BCUT2D eigenvalue weighted by molar-refractivity contribution is 7.16. The van der Waals surface area contributed by atoms with E-state index in [9.17, 15) is 0 Å². The molecule has 0 saturated heterocycles. The van der Waals surface area contributed by atoms with E-state index >= 15 is 0 Å². The summed E-state index contributed by atoms with van der Waals surface area (Å²) in [5.41, 5.74) is 8.11. The van der Waals surface area contributed by atoms with E-state index in [-0.39, 0.29) is 0 Å². The van der Waals surface area contributed by atoms with Crippen LogP contribution in [0.15, 0.2) is 24.3 Å². The first kappa shape index (κ1) is 11.3. The largest absolute Gasteiger partial charge is 0.374 e. The third kappa shape index (κ3) is 2.68. The summed E-state index contributed by atoms with van der Waals surface area (Å²) in [4.78, 5) is 0. The van der Waals surface area contributed by atoms with Crippen LogP contribution in [0, 0.1) is 18.3 Å². The van der Waals surface area contributed by atoms with E-state index < -0.39 is 0 Å². The van der Waals surface area contributed by atoms with Gasteiger partial charge in [0.2, 0.25) is 5.13 Å². The molecule has 0 amide bonds. The molecule has 2 aromatic rings. The molecule has 0 radical (unpaired) electrons. The molecule has 0 atom stereocenters. The lowest BCUT2D eigenvalue weighted by Gasteiger charge is -1.96. The Hall–Kier alpha value is -2.19. The molecule has 2 rings (SSSR count). The zero-order valence-electron chi connectivity index (χ0n) is 9.21. The van der Waals surface area contributed by atoms with Gasteiger partial charge in [-0.15, -0.1) is 10.2 Å². The van der Waals surface area contributed by atoms with Crippen LogP contribution in [0.3, 0.4) is 0 Å². The minimum atomic E-state index is 0.366. The van der Waals surface area contributed by atoms with Crippen LogP contribution in [-0.4, -0.2) is 10.2 Å². The summed E-state index contributed by atoms with van der Waals surface area (Å²) in [6, 6.07) is 10.0. The standard InChI is InChI=1S/C12H10N4S/c1-8-2-4-9(5-3-8)6-10(7-13)11-15-16-12(14)17-11/h2-6H,1H3,(H2,14,16)/b10-6+. The molecule has 17 heavy (non-hydrogen) atoms. The molecule has 4 nitrogen and oxygen atoms in total. The number of hydrogen-bond donors (Lipinski definition) is 1. The van der Waals surface area contributed by atoms with Gasteiger partial charge in [0.1, 0.15) is 6.07 Å². The molecule has 0 bridgehead atoms. The highest BCUT2D eigenvalue weighted by Gasteiger charge is 2.07. The second kappa shape index (κ2) is 4.76. The number of anilines is 1. The molecule has 0 aliphatic carbocycles. The zero-order valence-corrected chi connectivity index (χ0v) is 10.0. The molecule has 2 N–H and O–H groups in total. The second-order valence-corrected chi connectivity index (χ2v) is 4.54. The molecule has 1 aromatic carbocycles. The maximum Gasteiger partial charge on any atom is 0.203 e. The lowest BCUT2D eigenvalue weighted by Crippen LogP contribution is -1.82. The summed E-state index contributed by atoms with van der Waals surface area (Å²) in [7, 11) is 0. The first-order chi connectivity index (χ1) is 8.19. The highest BCUT2D eigenvalue weighted by atomic mass is 32.1. The van der Waals surface area contributed by atoms with E-state index in [1.165, 1.54) is 16.9 Å². The Morgan fingerprint density at radius 1 is 1.35 bits per heavy atom. The van der Waals surface area contributed by atoms with Crippen LogP contribution < -0.4 is 5.73 Å². The van der Waals surface area contributed by atoms with Crippen molar-refractivity contribution >= 4 is 28.1 Å². The molecule has 1 heterocycles. The summed E-state index contributed by atoms with van der Waals surface area (Å²) in [6.07, 6.45) is 1.78. The number of benzene rings is 1. The fourth-order valence-electron chi connectivity index (χ4n) is 1.31. The van der Waals surface area contributed by atoms with Gasteiger partial charge in [-0.25, -0.2) is 0 Å². The molecular formula is C12H10N4S. The lowest BCUT2D eigenvalue weighted by atomic mass is 10.1. The van der Waals surface area contributed by atoms with Crippen molar-refractivity contribution < 1.29 is 0 Å². The van der Waals surface area contributed by atoms with E-state index in [2.05, 4.69) is 16.3 Å². The fourth-order valence-corrected chi connectivity index (χ4v) is 1.89. The maximum absolute atomic E-state index is 9.08. The highest BCUT2D eigenvalue weighted by Crippen LogP contribution is 2.22. The predicted molar refractivity (Wildman–Crippen MR) is 69.0 cm³/mol. The number of hydrogen-bond acceptors (Lipinski definition) is 5. The van der Waals surface area contributed by atoms with Crippen molar-refractivity contribution in [3.05, 3.63) is 40.4 Å². The van der Waals surface area contributed by atoms with Crippen molar-refractivity contribution in [1.82, 2.24) is 10.2 Å². The second-order valence-electron chi connectivity index (χ2n) is 3.53. The van der Waals surface area contributed by atoms with Gasteiger partial charge in [0.25, 0.3) is 0 Å². The molecular weight excluding hydrogens is 232 g/mol. The van der Waals surface area contributed by atoms with Crippen molar-refractivity contribution in [1.29, 1.82) is 5.26 Å². The number of allylic oxidation sites excluding steroid dienone is 1. The quantitative estimate of drug-likeness (QED) is 0.821. The third-order valence-corrected chi connectivity index (χ3v) is 2.97. The van der Waals surface area contributed by atoms with Gasteiger partial charge in [-0.1, -0.05) is 41.2 Å². The molecule has 84 valence electrons. The molecule has 1 aromatic heterocycles.